The van der Waals surface area contributed by atoms with Crippen molar-refractivity contribution in [3.8, 4) is 0 Å². The molecule has 1 heterocycles. The molecule has 3 nitrogen and oxygen atoms in total. The van der Waals surface area contributed by atoms with Crippen LogP contribution in [0.3, 0.4) is 0 Å². The van der Waals surface area contributed by atoms with E-state index in [1.54, 1.807) is 18.5 Å². The maximum Gasteiger partial charge on any atom is 0.115 e. The largest absolute Gasteiger partial charge is 0.376 e. The van der Waals surface area contributed by atoms with Crippen LogP contribution >= 0.6 is 23.2 Å². The number of nitrogens with one attached hydrogen (secondary N) is 1. The van der Waals surface area contributed by atoms with Gasteiger partial charge in [0.25, 0.3) is 0 Å². The third kappa shape index (κ3) is 2.87. The molecule has 0 fully saturated rings. The number of halogens is 2. The van der Waals surface area contributed by atoms with Crippen molar-refractivity contribution in [1.82, 2.24) is 9.97 Å². The number of anilines is 1. The van der Waals surface area contributed by atoms with Crippen molar-refractivity contribution >= 4 is 28.9 Å². The summed E-state index contributed by atoms with van der Waals surface area (Å²) in [4.78, 5) is 7.88. The highest BCUT2D eigenvalue weighted by Crippen LogP contribution is 2.31. The van der Waals surface area contributed by atoms with Crippen LogP contribution in [0.2, 0.25) is 10.0 Å². The van der Waals surface area contributed by atoms with E-state index in [0.717, 1.165) is 11.3 Å². The molecule has 0 amide bonds. The van der Waals surface area contributed by atoms with E-state index < -0.39 is 0 Å². The van der Waals surface area contributed by atoms with Crippen molar-refractivity contribution in [1.29, 1.82) is 0 Å². The third-order valence-electron chi connectivity index (χ3n) is 2.39. The molecular formula is C12H11Cl2N3. The lowest BCUT2D eigenvalue weighted by Gasteiger charge is -2.16. The summed E-state index contributed by atoms with van der Waals surface area (Å²) in [5.74, 6) is 0. The van der Waals surface area contributed by atoms with Gasteiger partial charge in [0.15, 0.2) is 0 Å². The summed E-state index contributed by atoms with van der Waals surface area (Å²) < 4.78 is 0. The second-order valence-electron chi connectivity index (χ2n) is 3.64. The molecule has 0 saturated heterocycles. The monoisotopic (exact) mass is 267 g/mol. The van der Waals surface area contributed by atoms with E-state index in [9.17, 15) is 0 Å². The Hall–Kier alpha value is -1.32. The van der Waals surface area contributed by atoms with Crippen LogP contribution in [0.15, 0.2) is 36.9 Å². The van der Waals surface area contributed by atoms with Crippen LogP contribution in [0.1, 0.15) is 18.5 Å². The topological polar surface area (TPSA) is 37.8 Å². The highest BCUT2D eigenvalue weighted by molar-refractivity contribution is 6.42. The molecule has 0 radical (unpaired) electrons. The Morgan fingerprint density at radius 3 is 2.59 bits per heavy atom. The number of hydrogen-bond acceptors (Lipinski definition) is 3. The van der Waals surface area contributed by atoms with Crippen LogP contribution in [0.25, 0.3) is 0 Å². The van der Waals surface area contributed by atoms with Crippen LogP contribution < -0.4 is 5.32 Å². The van der Waals surface area contributed by atoms with Gasteiger partial charge in [-0.05, 0) is 18.6 Å². The van der Waals surface area contributed by atoms with E-state index in [0.29, 0.717) is 10.0 Å². The fourth-order valence-corrected chi connectivity index (χ4v) is 2.03. The summed E-state index contributed by atoms with van der Waals surface area (Å²) in [6, 6.07) is 5.62. The number of rotatable bonds is 3. The standard InChI is InChI=1S/C12H11Cl2N3/c1-8(17-9-5-15-7-16-6-9)10-3-2-4-11(13)12(10)14/h2-8,17H,1H3. The van der Waals surface area contributed by atoms with Gasteiger partial charge in [-0.3, -0.25) is 0 Å². The molecule has 1 aromatic heterocycles. The molecule has 1 unspecified atom stereocenters. The van der Waals surface area contributed by atoms with Crippen molar-refractivity contribution in [2.45, 2.75) is 13.0 Å². The highest BCUT2D eigenvalue weighted by atomic mass is 35.5. The molecule has 0 aliphatic heterocycles. The Bertz CT molecular complexity index is 502. The van der Waals surface area contributed by atoms with Crippen LogP contribution in [0.4, 0.5) is 5.69 Å². The van der Waals surface area contributed by atoms with Gasteiger partial charge in [0.1, 0.15) is 6.33 Å². The van der Waals surface area contributed by atoms with Gasteiger partial charge in [0.05, 0.1) is 34.2 Å². The quantitative estimate of drug-likeness (QED) is 0.915. The van der Waals surface area contributed by atoms with Gasteiger partial charge < -0.3 is 5.32 Å². The minimum atomic E-state index is 0.0344. The van der Waals surface area contributed by atoms with Gasteiger partial charge in [-0.1, -0.05) is 35.3 Å². The van der Waals surface area contributed by atoms with Crippen LogP contribution in [0.5, 0.6) is 0 Å². The van der Waals surface area contributed by atoms with Crippen molar-refractivity contribution in [3.05, 3.63) is 52.5 Å². The van der Waals surface area contributed by atoms with Crippen LogP contribution in [0, 0.1) is 0 Å². The first kappa shape index (κ1) is 12.1. The average molecular weight is 268 g/mol. The molecule has 1 atom stereocenters. The van der Waals surface area contributed by atoms with Gasteiger partial charge in [-0.25, -0.2) is 9.97 Å². The molecular weight excluding hydrogens is 257 g/mol. The molecule has 0 aliphatic rings. The minimum absolute atomic E-state index is 0.0344. The molecule has 0 saturated carbocycles. The molecule has 0 aliphatic carbocycles. The minimum Gasteiger partial charge on any atom is -0.376 e. The molecule has 17 heavy (non-hydrogen) atoms. The summed E-state index contributed by atoms with van der Waals surface area (Å²) in [6.07, 6.45) is 4.91. The molecule has 1 aromatic carbocycles. The molecule has 2 aromatic rings. The van der Waals surface area contributed by atoms with E-state index in [1.807, 2.05) is 19.1 Å². The van der Waals surface area contributed by atoms with E-state index >= 15 is 0 Å². The van der Waals surface area contributed by atoms with Gasteiger partial charge in [-0.15, -0.1) is 0 Å². The van der Waals surface area contributed by atoms with Crippen molar-refractivity contribution in [2.24, 2.45) is 0 Å². The zero-order valence-corrected chi connectivity index (χ0v) is 10.7. The smallest absolute Gasteiger partial charge is 0.115 e. The third-order valence-corrected chi connectivity index (χ3v) is 3.23. The number of nitrogens with zero attached hydrogens (tertiary/aromatic N) is 2. The second-order valence-corrected chi connectivity index (χ2v) is 4.42. The predicted octanol–water partition coefficient (Wildman–Crippen LogP) is 3.96. The first-order valence-corrected chi connectivity index (χ1v) is 5.89. The Balaban J connectivity index is 2.20. The number of hydrogen-bond donors (Lipinski definition) is 1. The van der Waals surface area contributed by atoms with E-state index in [2.05, 4.69) is 15.3 Å². The summed E-state index contributed by atoms with van der Waals surface area (Å²) in [5, 5.41) is 4.39. The van der Waals surface area contributed by atoms with E-state index in [1.165, 1.54) is 6.33 Å². The molecule has 0 spiro atoms. The van der Waals surface area contributed by atoms with E-state index in [-0.39, 0.29) is 6.04 Å². The van der Waals surface area contributed by atoms with Crippen molar-refractivity contribution in [3.63, 3.8) is 0 Å². The normalized spacial score (nSPS) is 12.2. The summed E-state index contributed by atoms with van der Waals surface area (Å²) >= 11 is 12.1. The summed E-state index contributed by atoms with van der Waals surface area (Å²) in [5.41, 5.74) is 1.79. The first-order chi connectivity index (χ1) is 8.18. The summed E-state index contributed by atoms with van der Waals surface area (Å²) in [6.45, 7) is 2.00. The molecule has 1 N–H and O–H groups in total. The Morgan fingerprint density at radius 2 is 1.88 bits per heavy atom. The van der Waals surface area contributed by atoms with Gasteiger partial charge in [0.2, 0.25) is 0 Å². The maximum atomic E-state index is 6.15. The predicted molar refractivity (Wildman–Crippen MR) is 70.5 cm³/mol. The van der Waals surface area contributed by atoms with E-state index in [4.69, 9.17) is 23.2 Å². The number of aromatic nitrogens is 2. The molecule has 5 heteroatoms. The highest BCUT2D eigenvalue weighted by Gasteiger charge is 2.11. The zero-order valence-electron chi connectivity index (χ0n) is 9.19. The lowest BCUT2D eigenvalue weighted by Crippen LogP contribution is -2.07. The van der Waals surface area contributed by atoms with Gasteiger partial charge in [0, 0.05) is 0 Å². The Labute approximate surface area is 110 Å². The number of benzene rings is 1. The fourth-order valence-electron chi connectivity index (χ4n) is 1.56. The Kier molecular flexibility index (Phi) is 3.82. The van der Waals surface area contributed by atoms with Crippen LogP contribution in [-0.2, 0) is 0 Å². The SMILES string of the molecule is CC(Nc1cncnc1)c1cccc(Cl)c1Cl. The Morgan fingerprint density at radius 1 is 1.18 bits per heavy atom. The molecule has 88 valence electrons. The maximum absolute atomic E-state index is 6.15. The average Bonchev–Trinajstić information content (AvgIpc) is 2.34. The second kappa shape index (κ2) is 5.34. The zero-order chi connectivity index (χ0) is 12.3. The molecule has 2 rings (SSSR count). The van der Waals surface area contributed by atoms with Crippen LogP contribution in [-0.4, -0.2) is 9.97 Å². The fraction of sp³-hybridized carbons (Fsp3) is 0.167. The summed E-state index contributed by atoms with van der Waals surface area (Å²) in [7, 11) is 0. The lowest BCUT2D eigenvalue weighted by molar-refractivity contribution is 0.880. The van der Waals surface area contributed by atoms with Gasteiger partial charge in [-0.2, -0.15) is 0 Å². The van der Waals surface area contributed by atoms with Crippen molar-refractivity contribution in [2.75, 3.05) is 5.32 Å². The lowest BCUT2D eigenvalue weighted by atomic mass is 10.1. The van der Waals surface area contributed by atoms with Gasteiger partial charge >= 0.3 is 0 Å². The first-order valence-electron chi connectivity index (χ1n) is 5.14. The molecule has 0 bridgehead atoms. The van der Waals surface area contributed by atoms with Crippen molar-refractivity contribution < 1.29 is 0 Å².